The molecule has 2 N–H and O–H groups in total. The molecular weight excluding hydrogens is 368 g/mol. The van der Waals surface area contributed by atoms with Crippen molar-refractivity contribution < 1.29 is 19.7 Å². The van der Waals surface area contributed by atoms with E-state index in [9.17, 15) is 15.0 Å². The van der Waals surface area contributed by atoms with Crippen LogP contribution in [0.1, 0.15) is 23.2 Å². The van der Waals surface area contributed by atoms with E-state index in [-0.39, 0.29) is 23.2 Å². The summed E-state index contributed by atoms with van der Waals surface area (Å²) in [6.45, 7) is 0. The molecule has 0 amide bonds. The maximum atomic E-state index is 12.4. The van der Waals surface area contributed by atoms with Crippen molar-refractivity contribution in [2.75, 3.05) is 0 Å². The second kappa shape index (κ2) is 4.21. The van der Waals surface area contributed by atoms with E-state index in [1.807, 2.05) is 0 Å². The molecule has 1 fully saturated rings. The Labute approximate surface area is 120 Å². The highest BCUT2D eigenvalue weighted by Crippen LogP contribution is 2.48. The molecule has 0 bridgehead atoms. The van der Waals surface area contributed by atoms with E-state index in [2.05, 4.69) is 31.9 Å². The predicted molar refractivity (Wildman–Crippen MR) is 71.0 cm³/mol. The molecule has 4 nitrogen and oxygen atoms in total. The van der Waals surface area contributed by atoms with Crippen LogP contribution in [0.5, 0.6) is 11.5 Å². The number of aliphatic hydroxyl groups is 1. The van der Waals surface area contributed by atoms with Gasteiger partial charge in [0.1, 0.15) is 23.2 Å². The Morgan fingerprint density at radius 3 is 2.72 bits per heavy atom. The summed E-state index contributed by atoms with van der Waals surface area (Å²) in [4.78, 5) is 12.4. The second-order valence-corrected chi connectivity index (χ2v) is 6.29. The van der Waals surface area contributed by atoms with E-state index < -0.39 is 12.0 Å². The number of aliphatic hydroxyl groups excluding tert-OH is 1. The number of ether oxygens (including phenoxy) is 1. The van der Waals surface area contributed by atoms with Crippen molar-refractivity contribution in [3.8, 4) is 11.5 Å². The number of phenols is 1. The standard InChI is InChI=1S/C12H10Br2O4/c13-4-3-5(14)12-9(10(4)16)11(17)8-6(15)1-2-7(8)18-12/h3,6-8,15-16H,1-2H2/t6-,7-,8+/m1/s1. The highest BCUT2D eigenvalue weighted by Gasteiger charge is 2.47. The van der Waals surface area contributed by atoms with Crippen LogP contribution >= 0.6 is 31.9 Å². The Morgan fingerprint density at radius 1 is 1.28 bits per heavy atom. The lowest BCUT2D eigenvalue weighted by atomic mass is 9.89. The minimum Gasteiger partial charge on any atom is -0.506 e. The van der Waals surface area contributed by atoms with Crippen LogP contribution in [0.3, 0.4) is 0 Å². The van der Waals surface area contributed by atoms with E-state index >= 15 is 0 Å². The van der Waals surface area contributed by atoms with Gasteiger partial charge in [0, 0.05) is 0 Å². The molecule has 6 heteroatoms. The Morgan fingerprint density at radius 2 is 2.00 bits per heavy atom. The zero-order valence-corrected chi connectivity index (χ0v) is 12.4. The van der Waals surface area contributed by atoms with Crippen LogP contribution in [0, 0.1) is 5.92 Å². The molecule has 96 valence electrons. The van der Waals surface area contributed by atoms with Crippen LogP contribution in [0.15, 0.2) is 15.0 Å². The summed E-state index contributed by atoms with van der Waals surface area (Å²) in [6.07, 6.45) is 0.221. The maximum absolute atomic E-state index is 12.4. The first-order valence-electron chi connectivity index (χ1n) is 5.60. The number of hydrogen-bond donors (Lipinski definition) is 2. The summed E-state index contributed by atoms with van der Waals surface area (Å²) in [5.41, 5.74) is 0.151. The van der Waals surface area contributed by atoms with Crippen LogP contribution in [0.2, 0.25) is 0 Å². The molecule has 0 radical (unpaired) electrons. The maximum Gasteiger partial charge on any atom is 0.179 e. The summed E-state index contributed by atoms with van der Waals surface area (Å²) in [5.74, 6) is -0.567. The fraction of sp³-hybridized carbons (Fsp3) is 0.417. The normalized spacial score (nSPS) is 29.7. The van der Waals surface area contributed by atoms with E-state index in [0.717, 1.165) is 0 Å². The number of ketones is 1. The number of carbonyl (C=O) groups is 1. The van der Waals surface area contributed by atoms with Crippen molar-refractivity contribution in [3.05, 3.63) is 20.6 Å². The Hall–Kier alpha value is -0.590. The molecule has 0 unspecified atom stereocenters. The van der Waals surface area contributed by atoms with Gasteiger partial charge in [-0.3, -0.25) is 4.79 Å². The highest BCUT2D eigenvalue weighted by molar-refractivity contribution is 9.11. The zero-order chi connectivity index (χ0) is 13.0. The first kappa shape index (κ1) is 12.4. The molecular formula is C12H10Br2O4. The van der Waals surface area contributed by atoms with Gasteiger partial charge in [-0.05, 0) is 50.8 Å². The van der Waals surface area contributed by atoms with Gasteiger partial charge in [0.25, 0.3) is 0 Å². The molecule has 1 aromatic carbocycles. The van der Waals surface area contributed by atoms with Crippen LogP contribution in [-0.2, 0) is 0 Å². The van der Waals surface area contributed by atoms with Gasteiger partial charge in [0.2, 0.25) is 0 Å². The molecule has 1 aromatic rings. The number of rotatable bonds is 0. The zero-order valence-electron chi connectivity index (χ0n) is 9.19. The van der Waals surface area contributed by atoms with Gasteiger partial charge in [-0.15, -0.1) is 0 Å². The van der Waals surface area contributed by atoms with Gasteiger partial charge < -0.3 is 14.9 Å². The predicted octanol–water partition coefficient (Wildman–Crippen LogP) is 2.63. The topological polar surface area (TPSA) is 66.8 Å². The second-order valence-electron chi connectivity index (χ2n) is 4.58. The number of phenolic OH excluding ortho intramolecular Hbond substituents is 1. The molecule has 0 aromatic heterocycles. The molecule has 1 aliphatic carbocycles. The van der Waals surface area contributed by atoms with Crippen molar-refractivity contribution in [1.29, 1.82) is 0 Å². The summed E-state index contributed by atoms with van der Waals surface area (Å²) >= 11 is 6.52. The van der Waals surface area contributed by atoms with Gasteiger partial charge in [-0.25, -0.2) is 0 Å². The fourth-order valence-corrected chi connectivity index (χ4v) is 3.93. The fourth-order valence-electron chi connectivity index (χ4n) is 2.67. The number of benzene rings is 1. The van der Waals surface area contributed by atoms with E-state index in [4.69, 9.17) is 4.74 Å². The Bertz CT molecular complexity index is 543. The summed E-state index contributed by atoms with van der Waals surface area (Å²) in [6, 6.07) is 1.65. The third-order valence-corrected chi connectivity index (χ3v) is 4.73. The third kappa shape index (κ3) is 1.62. The molecule has 3 rings (SSSR count). The Balaban J connectivity index is 2.19. The van der Waals surface area contributed by atoms with Gasteiger partial charge in [0.15, 0.2) is 5.78 Å². The van der Waals surface area contributed by atoms with E-state index in [1.54, 1.807) is 6.07 Å². The summed E-state index contributed by atoms with van der Waals surface area (Å²) < 4.78 is 6.80. The van der Waals surface area contributed by atoms with Crippen molar-refractivity contribution in [1.82, 2.24) is 0 Å². The average molecular weight is 378 g/mol. The van der Waals surface area contributed by atoms with Gasteiger partial charge in [-0.1, -0.05) is 0 Å². The Kier molecular flexibility index (Phi) is 2.91. The SMILES string of the molecule is O=C1c2c(O)c(Br)cc(Br)c2O[C@@H]2CC[C@@H](O)[C@H]12. The molecule has 0 saturated heterocycles. The largest absolute Gasteiger partial charge is 0.506 e. The molecule has 1 heterocycles. The van der Waals surface area contributed by atoms with Crippen molar-refractivity contribution in [3.63, 3.8) is 0 Å². The lowest BCUT2D eigenvalue weighted by molar-refractivity contribution is 0.0472. The molecule has 2 aliphatic rings. The summed E-state index contributed by atoms with van der Waals surface area (Å²) in [7, 11) is 0. The van der Waals surface area contributed by atoms with Crippen molar-refractivity contribution in [2.24, 2.45) is 5.92 Å². The molecule has 18 heavy (non-hydrogen) atoms. The minimum absolute atomic E-state index is 0.129. The lowest BCUT2D eigenvalue weighted by Gasteiger charge is -2.30. The molecule has 1 aliphatic heterocycles. The van der Waals surface area contributed by atoms with Crippen LogP contribution in [0.25, 0.3) is 0 Å². The first-order valence-corrected chi connectivity index (χ1v) is 7.19. The lowest BCUT2D eigenvalue weighted by Crippen LogP contribution is -2.38. The monoisotopic (exact) mass is 376 g/mol. The van der Waals surface area contributed by atoms with Crippen molar-refractivity contribution >= 4 is 37.6 Å². The number of halogens is 2. The van der Waals surface area contributed by atoms with Gasteiger partial charge in [0.05, 0.1) is 21.0 Å². The smallest absolute Gasteiger partial charge is 0.179 e. The minimum atomic E-state index is -0.687. The van der Waals surface area contributed by atoms with Gasteiger partial charge in [-0.2, -0.15) is 0 Å². The average Bonchev–Trinajstić information content (AvgIpc) is 2.68. The van der Waals surface area contributed by atoms with Crippen LogP contribution in [0.4, 0.5) is 0 Å². The quantitative estimate of drug-likeness (QED) is 0.729. The van der Waals surface area contributed by atoms with E-state index in [1.165, 1.54) is 0 Å². The summed E-state index contributed by atoms with van der Waals surface area (Å²) in [5, 5.41) is 19.8. The molecule has 1 saturated carbocycles. The number of hydrogen-bond acceptors (Lipinski definition) is 4. The number of aromatic hydroxyl groups is 1. The first-order chi connectivity index (χ1) is 8.50. The van der Waals surface area contributed by atoms with E-state index in [0.29, 0.717) is 27.5 Å². The highest BCUT2D eigenvalue weighted by atomic mass is 79.9. The van der Waals surface area contributed by atoms with Gasteiger partial charge >= 0.3 is 0 Å². The van der Waals surface area contributed by atoms with Crippen LogP contribution < -0.4 is 4.74 Å². The molecule has 3 atom stereocenters. The number of carbonyl (C=O) groups excluding carboxylic acids is 1. The van der Waals surface area contributed by atoms with Crippen LogP contribution in [-0.4, -0.2) is 28.2 Å². The third-order valence-electron chi connectivity index (χ3n) is 3.54. The number of fused-ring (bicyclic) bond motifs is 2. The number of Topliss-reactive ketones (excluding diaryl/α,β-unsaturated/α-hetero) is 1. The molecule has 0 spiro atoms. The van der Waals surface area contributed by atoms with Crippen molar-refractivity contribution in [2.45, 2.75) is 25.0 Å².